The number of aromatic nitrogens is 2. The topological polar surface area (TPSA) is 90.4 Å². The fourth-order valence-electron chi connectivity index (χ4n) is 3.39. The molecule has 1 aromatic heterocycles. The van der Waals surface area contributed by atoms with Crippen LogP contribution in [-0.4, -0.2) is 37.1 Å². The van der Waals surface area contributed by atoms with Crippen molar-refractivity contribution in [3.63, 3.8) is 0 Å². The lowest BCUT2D eigenvalue weighted by Crippen LogP contribution is -2.19. The van der Waals surface area contributed by atoms with E-state index in [0.717, 1.165) is 17.4 Å². The molecular weight excluding hydrogens is 533 g/mol. The lowest BCUT2D eigenvalue weighted by atomic mass is 9.78. The second kappa shape index (κ2) is 11.2. The van der Waals surface area contributed by atoms with E-state index in [1.54, 1.807) is 6.07 Å². The van der Waals surface area contributed by atoms with E-state index in [9.17, 15) is 8.42 Å². The summed E-state index contributed by atoms with van der Waals surface area (Å²) in [5.41, 5.74) is 2.10. The van der Waals surface area contributed by atoms with E-state index in [1.165, 1.54) is 6.20 Å². The first-order valence-electron chi connectivity index (χ1n) is 10.7. The molecule has 0 saturated heterocycles. The van der Waals surface area contributed by atoms with Gasteiger partial charge in [-0.3, -0.25) is 4.72 Å². The monoisotopic (exact) mass is 557 g/mol. The van der Waals surface area contributed by atoms with Gasteiger partial charge in [0.15, 0.2) is 5.75 Å². The van der Waals surface area contributed by atoms with E-state index in [2.05, 4.69) is 28.5 Å². The van der Waals surface area contributed by atoms with Crippen molar-refractivity contribution in [2.24, 2.45) is 0 Å². The van der Waals surface area contributed by atoms with Crippen LogP contribution in [0.15, 0.2) is 48.7 Å². The van der Waals surface area contributed by atoms with E-state index < -0.39 is 21.5 Å². The van der Waals surface area contributed by atoms with Gasteiger partial charge in [0.25, 0.3) is 0 Å². The average Bonchev–Trinajstić information content (AvgIpc) is 2.78. The lowest BCUT2D eigenvalue weighted by molar-refractivity contribution is 0.222. The zero-order valence-corrected chi connectivity index (χ0v) is 22.8. The second-order valence-corrected chi connectivity index (χ2v) is 11.3. The maximum Gasteiger partial charge on any atom is 0.236 e. The number of halogens is 3. The molecular formula is C24H26Cl3N3O4S. The molecule has 3 aromatic rings. The smallest absolute Gasteiger partial charge is 0.236 e. The summed E-state index contributed by atoms with van der Waals surface area (Å²) >= 11 is 18.6. The van der Waals surface area contributed by atoms with E-state index in [1.807, 2.05) is 43.3 Å². The lowest BCUT2D eigenvalue weighted by Gasteiger charge is -2.27. The largest absolute Gasteiger partial charge is 0.489 e. The van der Waals surface area contributed by atoms with Crippen molar-refractivity contribution in [1.82, 2.24) is 9.97 Å². The minimum atomic E-state index is -3.48. The van der Waals surface area contributed by atoms with Crippen LogP contribution in [0.4, 0.5) is 5.95 Å². The molecule has 188 valence electrons. The van der Waals surface area contributed by atoms with E-state index in [4.69, 9.17) is 44.3 Å². The predicted octanol–water partition coefficient (Wildman–Crippen LogP) is 6.24. The Labute approximate surface area is 220 Å². The quantitative estimate of drug-likeness (QED) is 0.296. The molecule has 0 fully saturated rings. The molecule has 0 aliphatic carbocycles. The van der Waals surface area contributed by atoms with Gasteiger partial charge >= 0.3 is 0 Å². The van der Waals surface area contributed by atoms with E-state index in [-0.39, 0.29) is 5.95 Å². The Morgan fingerprint density at radius 1 is 1.06 bits per heavy atom. The number of nitrogens with one attached hydrogen (secondary N) is 1. The second-order valence-electron chi connectivity index (χ2n) is 8.40. The summed E-state index contributed by atoms with van der Waals surface area (Å²) in [7, 11) is -3.48. The first-order chi connectivity index (χ1) is 16.4. The number of benzene rings is 2. The van der Waals surface area contributed by atoms with Crippen LogP contribution < -0.4 is 14.2 Å². The number of rotatable bonds is 10. The normalized spacial score (nSPS) is 12.8. The third-order valence-corrected chi connectivity index (χ3v) is 6.57. The van der Waals surface area contributed by atoms with E-state index >= 15 is 0 Å². The summed E-state index contributed by atoms with van der Waals surface area (Å²) in [5.74, 6) is 1.39. The van der Waals surface area contributed by atoms with Gasteiger partial charge in [-0.2, -0.15) is 0 Å². The standard InChI is InChI=1S/C24H26Cl3N3O4S/c1-15(21-9-11-28-23(29-21)30-35(4,31)32)34-18-7-5-16(6-8-18)24(2,3)17-13-19(26)22(20(27)14-17)33-12-10-25/h5-9,11,13-15H,10,12H2,1-4H3,(H,28,29,30)/t15-/m1/s1. The van der Waals surface area contributed by atoms with Gasteiger partial charge in [0.1, 0.15) is 18.5 Å². The summed E-state index contributed by atoms with van der Waals surface area (Å²) in [4.78, 5) is 8.15. The molecule has 1 atom stereocenters. The number of alkyl halides is 1. The summed E-state index contributed by atoms with van der Waals surface area (Å²) in [6.07, 6.45) is 2.08. The number of ether oxygens (including phenoxy) is 2. The summed E-state index contributed by atoms with van der Waals surface area (Å²) in [5, 5.41) is 0.850. The van der Waals surface area contributed by atoms with Crippen LogP contribution in [0.1, 0.15) is 43.7 Å². The zero-order valence-electron chi connectivity index (χ0n) is 19.7. The molecule has 0 unspecified atom stereocenters. The van der Waals surface area contributed by atoms with Crippen LogP contribution in [-0.2, 0) is 15.4 Å². The van der Waals surface area contributed by atoms with Gasteiger partial charge in [-0.05, 0) is 48.4 Å². The molecule has 1 N–H and O–H groups in total. The van der Waals surface area contributed by atoms with Gasteiger partial charge in [-0.15, -0.1) is 11.6 Å². The molecule has 1 heterocycles. The number of hydrogen-bond donors (Lipinski definition) is 1. The van der Waals surface area contributed by atoms with Crippen LogP contribution in [0.2, 0.25) is 10.0 Å². The fourth-order valence-corrected chi connectivity index (χ4v) is 4.50. The van der Waals surface area contributed by atoms with Crippen molar-refractivity contribution in [2.75, 3.05) is 23.5 Å². The minimum Gasteiger partial charge on any atom is -0.489 e. The van der Waals surface area contributed by atoms with Crippen molar-refractivity contribution in [2.45, 2.75) is 32.3 Å². The average molecular weight is 559 g/mol. The highest BCUT2D eigenvalue weighted by atomic mass is 35.5. The molecule has 2 aromatic carbocycles. The Morgan fingerprint density at radius 3 is 2.26 bits per heavy atom. The SMILES string of the molecule is C[C@@H](Oc1ccc(C(C)(C)c2cc(Cl)c(OCCCl)c(Cl)c2)cc1)c1ccnc(NS(C)(=O)=O)n1. The van der Waals surface area contributed by atoms with Gasteiger partial charge in [0.05, 0.1) is 27.9 Å². The maximum atomic E-state index is 11.4. The van der Waals surface area contributed by atoms with Crippen LogP contribution in [0.5, 0.6) is 11.5 Å². The van der Waals surface area contributed by atoms with Crippen LogP contribution in [0, 0.1) is 0 Å². The van der Waals surface area contributed by atoms with Crippen LogP contribution in [0.3, 0.4) is 0 Å². The van der Waals surface area contributed by atoms with Crippen LogP contribution >= 0.6 is 34.8 Å². The van der Waals surface area contributed by atoms with Gasteiger partial charge in [-0.25, -0.2) is 18.4 Å². The van der Waals surface area contributed by atoms with Crippen molar-refractivity contribution in [3.05, 3.63) is 75.5 Å². The molecule has 0 aliphatic heterocycles. The number of anilines is 1. The van der Waals surface area contributed by atoms with Gasteiger partial charge in [0.2, 0.25) is 16.0 Å². The van der Waals surface area contributed by atoms with Gasteiger partial charge < -0.3 is 9.47 Å². The first-order valence-corrected chi connectivity index (χ1v) is 13.8. The number of nitrogens with zero attached hydrogens (tertiary/aromatic N) is 2. The number of hydrogen-bond acceptors (Lipinski definition) is 6. The maximum absolute atomic E-state index is 11.4. The van der Waals surface area contributed by atoms with E-state index in [0.29, 0.717) is 39.7 Å². The summed E-state index contributed by atoms with van der Waals surface area (Å²) in [6, 6.07) is 13.0. The molecule has 0 saturated carbocycles. The van der Waals surface area contributed by atoms with Gasteiger partial charge in [-0.1, -0.05) is 49.2 Å². The number of sulfonamides is 1. The summed E-state index contributed by atoms with van der Waals surface area (Å²) in [6.45, 7) is 6.28. The Morgan fingerprint density at radius 2 is 1.69 bits per heavy atom. The van der Waals surface area contributed by atoms with Crippen molar-refractivity contribution in [1.29, 1.82) is 0 Å². The van der Waals surface area contributed by atoms with Crippen LogP contribution in [0.25, 0.3) is 0 Å². The molecule has 3 rings (SSSR count). The third-order valence-electron chi connectivity index (χ3n) is 5.30. The highest BCUT2D eigenvalue weighted by Crippen LogP contribution is 2.40. The molecule has 7 nitrogen and oxygen atoms in total. The predicted molar refractivity (Wildman–Crippen MR) is 141 cm³/mol. The fraction of sp³-hybridized carbons (Fsp3) is 0.333. The first kappa shape index (κ1) is 27.3. The minimum absolute atomic E-state index is 0.00561. The highest BCUT2D eigenvalue weighted by molar-refractivity contribution is 7.91. The third kappa shape index (κ3) is 7.13. The molecule has 0 amide bonds. The van der Waals surface area contributed by atoms with Crippen molar-refractivity contribution in [3.8, 4) is 11.5 Å². The highest BCUT2D eigenvalue weighted by Gasteiger charge is 2.26. The molecule has 0 bridgehead atoms. The molecule has 0 aliphatic rings. The van der Waals surface area contributed by atoms with Crippen molar-refractivity contribution < 1.29 is 17.9 Å². The Bertz CT molecular complexity index is 1260. The Balaban J connectivity index is 1.77. The molecule has 35 heavy (non-hydrogen) atoms. The summed E-state index contributed by atoms with van der Waals surface area (Å²) < 4.78 is 36.7. The molecule has 11 heteroatoms. The van der Waals surface area contributed by atoms with Gasteiger partial charge in [0, 0.05) is 11.6 Å². The Kier molecular flexibility index (Phi) is 8.75. The zero-order chi connectivity index (χ0) is 25.8. The molecule has 0 spiro atoms. The van der Waals surface area contributed by atoms with Crippen molar-refractivity contribution >= 4 is 50.8 Å². The molecule has 0 radical (unpaired) electrons. The Hall–Kier alpha value is -2.26.